The number of fused-ring (bicyclic) bond motifs is 1. The number of carboxylic acids is 1. The second-order valence-electron chi connectivity index (χ2n) is 5.56. The lowest BCUT2D eigenvalue weighted by Gasteiger charge is -2.27. The number of anilines is 1. The monoisotopic (exact) mass is 288 g/mol. The summed E-state index contributed by atoms with van der Waals surface area (Å²) in [5.74, 6) is -0.557. The van der Waals surface area contributed by atoms with Crippen LogP contribution in [0.1, 0.15) is 25.7 Å². The molecule has 0 radical (unpaired) electrons. The van der Waals surface area contributed by atoms with Crippen molar-refractivity contribution in [1.29, 1.82) is 0 Å². The summed E-state index contributed by atoms with van der Waals surface area (Å²) in [7, 11) is 0. The normalized spacial score (nSPS) is 22.1. The molecular weight excluding hydrogens is 271 g/mol. The van der Waals surface area contributed by atoms with E-state index in [1.807, 2.05) is 6.07 Å². The van der Waals surface area contributed by atoms with Gasteiger partial charge in [-0.15, -0.1) is 0 Å². The minimum absolute atomic E-state index is 0.196. The Hall–Kier alpha value is -2.17. The van der Waals surface area contributed by atoms with Crippen LogP contribution < -0.4 is 5.32 Å². The van der Waals surface area contributed by atoms with Crippen LogP contribution in [-0.4, -0.2) is 22.1 Å². The minimum atomic E-state index is -0.709. The van der Waals surface area contributed by atoms with Crippen LogP contribution in [0.5, 0.6) is 0 Å². The fourth-order valence-electron chi connectivity index (χ4n) is 2.93. The molecule has 0 aliphatic heterocycles. The third kappa shape index (κ3) is 2.96. The summed E-state index contributed by atoms with van der Waals surface area (Å²) < 4.78 is 13.4. The smallest absolute Gasteiger partial charge is 0.306 e. The molecule has 0 unspecified atom stereocenters. The fraction of sp³-hybridized carbons (Fsp3) is 0.375. The van der Waals surface area contributed by atoms with Crippen molar-refractivity contribution < 1.29 is 14.3 Å². The van der Waals surface area contributed by atoms with Gasteiger partial charge in [0.15, 0.2) is 0 Å². The average Bonchev–Trinajstić information content (AvgIpc) is 2.48. The molecule has 2 N–H and O–H groups in total. The maximum Gasteiger partial charge on any atom is 0.306 e. The molecule has 0 amide bonds. The van der Waals surface area contributed by atoms with E-state index in [-0.39, 0.29) is 17.8 Å². The molecular formula is C16H17FN2O2. The van der Waals surface area contributed by atoms with Crippen molar-refractivity contribution in [1.82, 2.24) is 4.98 Å². The first kappa shape index (κ1) is 13.8. The number of halogens is 1. The van der Waals surface area contributed by atoms with E-state index in [2.05, 4.69) is 10.3 Å². The molecule has 4 nitrogen and oxygen atoms in total. The largest absolute Gasteiger partial charge is 0.481 e. The third-order valence-corrected chi connectivity index (χ3v) is 4.15. The molecule has 0 saturated heterocycles. The van der Waals surface area contributed by atoms with Crippen molar-refractivity contribution >= 4 is 22.6 Å². The number of aromatic nitrogens is 1. The van der Waals surface area contributed by atoms with Gasteiger partial charge in [-0.3, -0.25) is 4.79 Å². The van der Waals surface area contributed by atoms with Gasteiger partial charge in [0.05, 0.1) is 5.92 Å². The van der Waals surface area contributed by atoms with Gasteiger partial charge in [0.1, 0.15) is 11.6 Å². The number of carboxylic acid groups (broad SMARTS) is 1. The Morgan fingerprint density at radius 2 is 2.00 bits per heavy atom. The number of pyridine rings is 1. The van der Waals surface area contributed by atoms with Crippen LogP contribution >= 0.6 is 0 Å². The van der Waals surface area contributed by atoms with Gasteiger partial charge < -0.3 is 10.4 Å². The maximum atomic E-state index is 13.4. The second-order valence-corrected chi connectivity index (χ2v) is 5.56. The Labute approximate surface area is 122 Å². The Bertz CT molecular complexity index is 666. The first-order valence-corrected chi connectivity index (χ1v) is 7.17. The van der Waals surface area contributed by atoms with E-state index in [0.717, 1.165) is 23.6 Å². The van der Waals surface area contributed by atoms with Crippen LogP contribution in [-0.2, 0) is 4.79 Å². The lowest BCUT2D eigenvalue weighted by Crippen LogP contribution is -2.29. The third-order valence-electron chi connectivity index (χ3n) is 4.15. The molecule has 1 aliphatic rings. The van der Waals surface area contributed by atoms with Crippen molar-refractivity contribution in [2.24, 2.45) is 5.92 Å². The van der Waals surface area contributed by atoms with Gasteiger partial charge in [-0.25, -0.2) is 9.37 Å². The number of benzene rings is 1. The summed E-state index contributed by atoms with van der Waals surface area (Å²) in [6.45, 7) is 0. The minimum Gasteiger partial charge on any atom is -0.481 e. The molecule has 0 spiro atoms. The van der Waals surface area contributed by atoms with Gasteiger partial charge in [-0.2, -0.15) is 0 Å². The van der Waals surface area contributed by atoms with E-state index in [1.165, 1.54) is 12.1 Å². The van der Waals surface area contributed by atoms with Crippen molar-refractivity contribution in [3.8, 4) is 0 Å². The number of hydrogen-bond donors (Lipinski definition) is 2. The van der Waals surface area contributed by atoms with Crippen LogP contribution in [0.3, 0.4) is 0 Å². The standard InChI is InChI=1S/C16H17FN2O2/c17-12-4-1-10-7-8-18-15(14(10)9-12)19-13-5-2-11(3-6-13)16(20)21/h1,4,7-9,11,13H,2-3,5-6H2,(H,18,19)(H,20,21). The second kappa shape index (κ2) is 5.68. The Morgan fingerprint density at radius 1 is 1.24 bits per heavy atom. The highest BCUT2D eigenvalue weighted by atomic mass is 19.1. The van der Waals surface area contributed by atoms with Gasteiger partial charge in [0, 0.05) is 17.6 Å². The number of aliphatic carboxylic acids is 1. The molecule has 5 heteroatoms. The fourth-order valence-corrected chi connectivity index (χ4v) is 2.93. The maximum absolute atomic E-state index is 13.4. The summed E-state index contributed by atoms with van der Waals surface area (Å²) in [6.07, 6.45) is 4.64. The van der Waals surface area contributed by atoms with E-state index in [1.54, 1.807) is 12.3 Å². The van der Waals surface area contributed by atoms with E-state index < -0.39 is 5.97 Å². The SMILES string of the molecule is O=C(O)C1CCC(Nc2nccc3ccc(F)cc23)CC1. The molecule has 21 heavy (non-hydrogen) atoms. The molecule has 0 bridgehead atoms. The van der Waals surface area contributed by atoms with E-state index in [4.69, 9.17) is 5.11 Å². The summed E-state index contributed by atoms with van der Waals surface area (Å²) >= 11 is 0. The summed E-state index contributed by atoms with van der Waals surface area (Å²) in [5.41, 5.74) is 0. The molecule has 1 fully saturated rings. The lowest BCUT2D eigenvalue weighted by molar-refractivity contribution is -0.142. The molecule has 1 saturated carbocycles. The van der Waals surface area contributed by atoms with Gasteiger partial charge in [-0.05, 0) is 49.3 Å². The first-order valence-electron chi connectivity index (χ1n) is 7.17. The van der Waals surface area contributed by atoms with Gasteiger partial charge in [0.2, 0.25) is 0 Å². The Kier molecular flexibility index (Phi) is 3.73. The van der Waals surface area contributed by atoms with Gasteiger partial charge in [-0.1, -0.05) is 6.07 Å². The van der Waals surface area contributed by atoms with Gasteiger partial charge >= 0.3 is 5.97 Å². The lowest BCUT2D eigenvalue weighted by atomic mass is 9.86. The van der Waals surface area contributed by atoms with Crippen LogP contribution in [0.25, 0.3) is 10.8 Å². The summed E-state index contributed by atoms with van der Waals surface area (Å²) in [6, 6.07) is 6.69. The molecule has 3 rings (SSSR count). The number of nitrogens with one attached hydrogen (secondary N) is 1. The van der Waals surface area contributed by atoms with Crippen molar-refractivity contribution in [3.05, 3.63) is 36.3 Å². The number of hydrogen-bond acceptors (Lipinski definition) is 3. The zero-order chi connectivity index (χ0) is 14.8. The van der Waals surface area contributed by atoms with Crippen LogP contribution in [0.15, 0.2) is 30.5 Å². The summed E-state index contributed by atoms with van der Waals surface area (Å²) in [5, 5.41) is 14.1. The van der Waals surface area contributed by atoms with Gasteiger partial charge in [0.25, 0.3) is 0 Å². The highest BCUT2D eigenvalue weighted by molar-refractivity contribution is 5.91. The molecule has 1 aromatic carbocycles. The number of rotatable bonds is 3. The molecule has 1 aromatic heterocycles. The molecule has 2 aromatic rings. The highest BCUT2D eigenvalue weighted by Gasteiger charge is 2.26. The van der Waals surface area contributed by atoms with Crippen molar-refractivity contribution in [2.75, 3.05) is 5.32 Å². The van der Waals surface area contributed by atoms with Crippen molar-refractivity contribution in [3.63, 3.8) is 0 Å². The zero-order valence-corrected chi connectivity index (χ0v) is 11.6. The van der Waals surface area contributed by atoms with E-state index >= 15 is 0 Å². The predicted molar refractivity (Wildman–Crippen MR) is 78.7 cm³/mol. The molecule has 1 aliphatic carbocycles. The Balaban J connectivity index is 1.77. The highest BCUT2D eigenvalue weighted by Crippen LogP contribution is 2.29. The zero-order valence-electron chi connectivity index (χ0n) is 11.6. The average molecular weight is 288 g/mol. The van der Waals surface area contributed by atoms with Crippen LogP contribution in [0, 0.1) is 11.7 Å². The van der Waals surface area contributed by atoms with Crippen molar-refractivity contribution in [2.45, 2.75) is 31.7 Å². The van der Waals surface area contributed by atoms with E-state index in [0.29, 0.717) is 18.7 Å². The molecule has 110 valence electrons. The topological polar surface area (TPSA) is 62.2 Å². The quantitative estimate of drug-likeness (QED) is 0.908. The predicted octanol–water partition coefficient (Wildman–Crippen LogP) is 3.43. The Morgan fingerprint density at radius 3 is 2.71 bits per heavy atom. The molecule has 0 atom stereocenters. The first-order chi connectivity index (χ1) is 10.1. The summed E-state index contributed by atoms with van der Waals surface area (Å²) in [4.78, 5) is 15.3. The van der Waals surface area contributed by atoms with Crippen LogP contribution in [0.2, 0.25) is 0 Å². The van der Waals surface area contributed by atoms with Crippen LogP contribution in [0.4, 0.5) is 10.2 Å². The molecule has 1 heterocycles. The number of nitrogens with zero attached hydrogens (tertiary/aromatic N) is 1. The van der Waals surface area contributed by atoms with E-state index in [9.17, 15) is 9.18 Å². The number of carbonyl (C=O) groups is 1.